The van der Waals surface area contributed by atoms with Gasteiger partial charge in [0.2, 0.25) is 11.8 Å². The molecule has 4 aromatic heterocycles. The number of carboxylic acid groups (broad SMARTS) is 4. The number of aromatic carboxylic acids is 4. The maximum absolute atomic E-state index is 13.0. The standard InChI is InChI=1S/C21H19NO3S.C20H15BrN2O4S.C20H14ClF2NO4S.C20H15ClN2O4S/c1-12-4-7-15(8-5-12)20(23)22-17-11-26-19(18(17)21(24)25)16-9-6-13(2)14(3)10-16;1-11(24)22-15-8-4-13(5-9-15)19(25)23-16-10-28-18(17(16)20(26)27)12-2-6-14(21)7-3-12;1-20(22,23)28-14-4-2-3-12(9-14)18(25)24-15-10-29-17(16(15)19(26)27)11-5-7-13(21)8-6-11;1-11(24)22-15-8-4-13(5-9-15)19(25)23-16-10-28-18(17(16)20(26)27)12-2-6-14(21)7-3-12/h4-11H,1-3H3,(H,22,23)(H,24,25);2-10H,1H3,(H,22,24)(H,23,25)(H,26,27);2-10H,1H3,(H,24,25)(H,26,27);2-10H,1H3,(H,22,24)(H,23,25)(H,26,27). The summed E-state index contributed by atoms with van der Waals surface area (Å²) in [7, 11) is 0. The van der Waals surface area contributed by atoms with Crippen molar-refractivity contribution in [3.63, 3.8) is 0 Å². The third kappa shape index (κ3) is 22.6. The Labute approximate surface area is 667 Å². The van der Waals surface area contributed by atoms with Crippen molar-refractivity contribution in [1.82, 2.24) is 0 Å². The van der Waals surface area contributed by atoms with Crippen LogP contribution in [0.3, 0.4) is 0 Å². The Bertz CT molecular complexity index is 5330. The number of carboxylic acids is 4. The number of aryl methyl sites for hydroxylation is 3. The minimum atomic E-state index is -3.40. The van der Waals surface area contributed by atoms with Crippen LogP contribution in [-0.2, 0) is 9.59 Å². The monoisotopic (exact) mass is 1670 g/mol. The van der Waals surface area contributed by atoms with Crippen LogP contribution in [-0.4, -0.2) is 85.9 Å². The first kappa shape index (κ1) is 83.0. The molecular weight excluding hydrogens is 1610 g/mol. The van der Waals surface area contributed by atoms with Crippen LogP contribution < -0.4 is 36.6 Å². The summed E-state index contributed by atoms with van der Waals surface area (Å²) >= 11 is 20.1. The summed E-state index contributed by atoms with van der Waals surface area (Å²) in [4.78, 5) is 122. The normalized spacial score (nSPS) is 10.6. The smallest absolute Gasteiger partial charge is 0.394 e. The van der Waals surface area contributed by atoms with Crippen molar-refractivity contribution in [3.8, 4) is 47.5 Å². The van der Waals surface area contributed by atoms with Crippen molar-refractivity contribution in [1.29, 1.82) is 0 Å². The van der Waals surface area contributed by atoms with Crippen molar-refractivity contribution in [2.24, 2.45) is 0 Å². The van der Waals surface area contributed by atoms with E-state index in [4.69, 9.17) is 23.2 Å². The lowest BCUT2D eigenvalue weighted by atomic mass is 10.0. The molecule has 566 valence electrons. The lowest BCUT2D eigenvalue weighted by molar-refractivity contribution is -0.159. The zero-order chi connectivity index (χ0) is 80.5. The van der Waals surface area contributed by atoms with Crippen molar-refractivity contribution >= 4 is 178 Å². The third-order valence-electron chi connectivity index (χ3n) is 15.7. The van der Waals surface area contributed by atoms with E-state index in [1.807, 2.05) is 75.4 Å². The first-order valence-electron chi connectivity index (χ1n) is 32.7. The Morgan fingerprint density at radius 1 is 0.387 bits per heavy atom. The highest BCUT2D eigenvalue weighted by molar-refractivity contribution is 9.10. The number of ether oxygens (including phenoxy) is 1. The van der Waals surface area contributed by atoms with E-state index in [0.29, 0.717) is 81.4 Å². The number of benzene rings is 8. The molecule has 30 heteroatoms. The van der Waals surface area contributed by atoms with Gasteiger partial charge in [-0.05, 0) is 169 Å². The predicted octanol–water partition coefficient (Wildman–Crippen LogP) is 21.4. The maximum atomic E-state index is 13.0. The summed E-state index contributed by atoms with van der Waals surface area (Å²) in [6.45, 7) is 9.32. The number of hydrogen-bond donors (Lipinski definition) is 10. The van der Waals surface area contributed by atoms with Crippen LogP contribution in [0.1, 0.15) is 120 Å². The molecule has 10 N–H and O–H groups in total. The highest BCUT2D eigenvalue weighted by atomic mass is 79.9. The van der Waals surface area contributed by atoms with Crippen LogP contribution in [0.4, 0.5) is 42.9 Å². The molecule has 0 aliphatic rings. The molecule has 12 aromatic rings. The molecule has 12 rings (SSSR count). The summed E-state index contributed by atoms with van der Waals surface area (Å²) in [5.41, 5.74) is 9.60. The fraction of sp³-hybridized carbons (Fsp3) is 0.0864. The number of carbonyl (C=O) groups excluding carboxylic acids is 6. The zero-order valence-corrected chi connectivity index (χ0v) is 65.4. The molecule has 0 saturated carbocycles. The van der Waals surface area contributed by atoms with Gasteiger partial charge in [-0.2, -0.15) is 8.78 Å². The molecule has 6 amide bonds. The van der Waals surface area contributed by atoms with Gasteiger partial charge >= 0.3 is 30.0 Å². The molecule has 0 fully saturated rings. The van der Waals surface area contributed by atoms with Gasteiger partial charge in [0, 0.05) is 90.4 Å². The van der Waals surface area contributed by atoms with Crippen LogP contribution in [0.5, 0.6) is 5.75 Å². The molecule has 0 spiro atoms. The summed E-state index contributed by atoms with van der Waals surface area (Å²) in [5, 5.41) is 61.9. The van der Waals surface area contributed by atoms with Crippen molar-refractivity contribution in [3.05, 3.63) is 285 Å². The second-order valence-electron chi connectivity index (χ2n) is 24.1. The first-order valence-corrected chi connectivity index (χ1v) is 37.8. The lowest BCUT2D eigenvalue weighted by Crippen LogP contribution is -2.19. The van der Waals surface area contributed by atoms with E-state index < -0.39 is 47.7 Å². The summed E-state index contributed by atoms with van der Waals surface area (Å²) < 4.78 is 31.4. The molecule has 0 aliphatic carbocycles. The van der Waals surface area contributed by atoms with Crippen LogP contribution in [0, 0.1) is 20.8 Å². The number of hydrogen-bond acceptors (Lipinski definition) is 15. The minimum absolute atomic E-state index is 0.0236. The predicted molar refractivity (Wildman–Crippen MR) is 436 cm³/mol. The first-order chi connectivity index (χ1) is 52.7. The molecule has 111 heavy (non-hydrogen) atoms. The Balaban J connectivity index is 0.000000170. The highest BCUT2D eigenvalue weighted by Crippen LogP contribution is 2.41. The molecule has 4 heterocycles. The largest absolute Gasteiger partial charge is 0.478 e. The van der Waals surface area contributed by atoms with Crippen LogP contribution in [0.25, 0.3) is 41.8 Å². The fourth-order valence-corrected chi connectivity index (χ4v) is 14.9. The Hall–Kier alpha value is -12.0. The number of alkyl halides is 2. The quantitative estimate of drug-likeness (QED) is 0.0339. The van der Waals surface area contributed by atoms with Crippen molar-refractivity contribution in [2.45, 2.75) is 47.7 Å². The Kier molecular flexibility index (Phi) is 28.0. The van der Waals surface area contributed by atoms with Gasteiger partial charge in [0.05, 0.1) is 42.3 Å². The SMILES string of the molecule is CC(=O)Nc1ccc(C(=O)Nc2csc(-c3ccc(Br)cc3)c2C(=O)O)cc1.CC(=O)Nc1ccc(C(=O)Nc2csc(-c3ccc(Cl)cc3)c2C(=O)O)cc1.CC(F)(F)Oc1cccc(C(=O)Nc2csc(-c3ccc(Cl)cc3)c2C(=O)O)c1.Cc1ccc(C(=O)Nc2csc(-c3ccc(C)c(C)c3)c2C(=O)O)cc1. The van der Waals surface area contributed by atoms with Gasteiger partial charge in [-0.3, -0.25) is 28.8 Å². The van der Waals surface area contributed by atoms with E-state index >= 15 is 0 Å². The second-order valence-corrected chi connectivity index (χ2v) is 29.4. The average molecular weight is 1680 g/mol. The molecule has 0 aliphatic heterocycles. The molecule has 0 saturated heterocycles. The van der Waals surface area contributed by atoms with E-state index in [1.165, 1.54) is 71.4 Å². The summed E-state index contributed by atoms with van der Waals surface area (Å²) in [6, 6.07) is 51.6. The van der Waals surface area contributed by atoms with Crippen LogP contribution in [0.15, 0.2) is 214 Å². The van der Waals surface area contributed by atoms with E-state index in [2.05, 4.69) is 52.6 Å². The zero-order valence-electron chi connectivity index (χ0n) is 59.0. The Morgan fingerprint density at radius 3 is 1.03 bits per heavy atom. The van der Waals surface area contributed by atoms with Crippen molar-refractivity contribution < 1.29 is 81.9 Å². The van der Waals surface area contributed by atoms with Gasteiger partial charge in [0.15, 0.2) is 0 Å². The van der Waals surface area contributed by atoms with Gasteiger partial charge in [-0.1, -0.05) is 117 Å². The summed E-state index contributed by atoms with van der Waals surface area (Å²) in [6.07, 6.45) is -3.40. The number of nitrogens with one attached hydrogen (secondary N) is 6. The van der Waals surface area contributed by atoms with Gasteiger partial charge in [-0.25, -0.2) is 19.2 Å². The molecule has 0 bridgehead atoms. The van der Waals surface area contributed by atoms with Crippen molar-refractivity contribution in [2.75, 3.05) is 31.9 Å². The molecule has 21 nitrogen and oxygen atoms in total. The Morgan fingerprint density at radius 2 is 0.703 bits per heavy atom. The highest BCUT2D eigenvalue weighted by Gasteiger charge is 2.28. The minimum Gasteiger partial charge on any atom is -0.478 e. The summed E-state index contributed by atoms with van der Waals surface area (Å²) in [5.74, 6) is -6.98. The van der Waals surface area contributed by atoms with E-state index in [-0.39, 0.29) is 68.4 Å². The average Bonchev–Trinajstić information content (AvgIpc) is 1.68. The van der Waals surface area contributed by atoms with Gasteiger partial charge in [-0.15, -0.1) is 45.3 Å². The van der Waals surface area contributed by atoms with Gasteiger partial charge < -0.3 is 57.1 Å². The number of carbonyl (C=O) groups is 10. The van der Waals surface area contributed by atoms with E-state index in [1.54, 1.807) is 125 Å². The maximum Gasteiger partial charge on any atom is 0.394 e. The number of halogens is 5. The molecular formula is C81H63BrCl2F2N6O15S4. The number of thiophene rings is 4. The third-order valence-corrected chi connectivity index (χ3v) is 20.9. The molecule has 0 unspecified atom stereocenters. The fourth-order valence-electron chi connectivity index (χ4n) is 10.4. The van der Waals surface area contributed by atoms with Crippen LogP contribution >= 0.6 is 84.5 Å². The molecule has 8 aromatic carbocycles. The number of amides is 6. The van der Waals surface area contributed by atoms with Gasteiger partial charge in [0.1, 0.15) is 28.0 Å². The molecule has 0 atom stereocenters. The van der Waals surface area contributed by atoms with E-state index in [9.17, 15) is 77.2 Å². The number of anilines is 6. The second kappa shape index (κ2) is 37.4. The lowest BCUT2D eigenvalue weighted by Gasteiger charge is -2.13. The topological polar surface area (TPSA) is 333 Å². The molecule has 0 radical (unpaired) electrons. The van der Waals surface area contributed by atoms with E-state index in [0.717, 1.165) is 49.7 Å². The number of rotatable bonds is 20. The van der Waals surface area contributed by atoms with Crippen LogP contribution in [0.2, 0.25) is 10.0 Å². The van der Waals surface area contributed by atoms with Gasteiger partial charge in [0.25, 0.3) is 23.6 Å².